The summed E-state index contributed by atoms with van der Waals surface area (Å²) in [6, 6.07) is 22.6. The van der Waals surface area contributed by atoms with Gasteiger partial charge in [-0.2, -0.15) is 0 Å². The number of esters is 1. The van der Waals surface area contributed by atoms with E-state index in [1.807, 2.05) is 60.7 Å². The number of rotatable bonds is 6. The van der Waals surface area contributed by atoms with Crippen molar-refractivity contribution in [3.63, 3.8) is 0 Å². The third-order valence-electron chi connectivity index (χ3n) is 6.48. The number of carbonyl (C=O) groups is 3. The van der Waals surface area contributed by atoms with Gasteiger partial charge in [-0.3, -0.25) is 14.4 Å². The third kappa shape index (κ3) is 4.94. The van der Waals surface area contributed by atoms with Gasteiger partial charge in [-0.05, 0) is 28.8 Å². The first-order valence-corrected chi connectivity index (χ1v) is 11.4. The van der Waals surface area contributed by atoms with E-state index in [0.29, 0.717) is 5.56 Å². The Balaban J connectivity index is 1.79. The van der Waals surface area contributed by atoms with Crippen LogP contribution in [0.2, 0.25) is 0 Å². The van der Waals surface area contributed by atoms with Crippen LogP contribution in [-0.2, 0) is 25.7 Å². The van der Waals surface area contributed by atoms with Crippen molar-refractivity contribution in [2.45, 2.75) is 31.5 Å². The van der Waals surface area contributed by atoms with Gasteiger partial charge in [-0.1, -0.05) is 72.8 Å². The minimum absolute atomic E-state index is 0.155. The fourth-order valence-corrected chi connectivity index (χ4v) is 4.98. The molecule has 180 valence electrons. The van der Waals surface area contributed by atoms with Crippen molar-refractivity contribution in [3.05, 3.63) is 107 Å². The summed E-state index contributed by atoms with van der Waals surface area (Å²) in [5.74, 6) is -3.01. The van der Waals surface area contributed by atoms with E-state index in [4.69, 9.17) is 4.74 Å². The van der Waals surface area contributed by atoms with Crippen LogP contribution >= 0.6 is 0 Å². The van der Waals surface area contributed by atoms with Gasteiger partial charge in [0.1, 0.15) is 11.9 Å². The molecule has 0 bridgehead atoms. The molecule has 0 radical (unpaired) electrons. The van der Waals surface area contributed by atoms with Gasteiger partial charge in [0.25, 0.3) is 0 Å². The molecular weight excluding hydrogens is 447 g/mol. The van der Waals surface area contributed by atoms with Crippen molar-refractivity contribution < 1.29 is 23.5 Å². The average Bonchev–Trinajstić information content (AvgIpc) is 3.25. The number of halogens is 1. The van der Waals surface area contributed by atoms with Crippen LogP contribution in [0.25, 0.3) is 0 Å². The first kappa shape index (κ1) is 24.1. The molecule has 35 heavy (non-hydrogen) atoms. The second kappa shape index (κ2) is 10.5. The summed E-state index contributed by atoms with van der Waals surface area (Å²) in [7, 11) is 1.31. The van der Waals surface area contributed by atoms with Crippen molar-refractivity contribution in [1.29, 1.82) is 0 Å². The Bertz CT molecular complexity index is 1180. The van der Waals surface area contributed by atoms with E-state index in [0.717, 1.165) is 11.1 Å². The Morgan fingerprint density at radius 2 is 1.46 bits per heavy atom. The molecule has 0 aliphatic carbocycles. The van der Waals surface area contributed by atoms with E-state index >= 15 is 0 Å². The smallest absolute Gasteiger partial charge is 0.311 e. The molecule has 1 saturated heterocycles. The molecule has 3 aromatic carbocycles. The van der Waals surface area contributed by atoms with Crippen LogP contribution < -0.4 is 5.32 Å². The lowest BCUT2D eigenvalue weighted by atomic mass is 9.80. The highest BCUT2D eigenvalue weighted by atomic mass is 19.1. The lowest BCUT2D eigenvalue weighted by Crippen LogP contribution is -2.47. The van der Waals surface area contributed by atoms with Crippen LogP contribution in [0.3, 0.4) is 0 Å². The monoisotopic (exact) mass is 474 g/mol. The van der Waals surface area contributed by atoms with Crippen LogP contribution in [0.15, 0.2) is 84.9 Å². The molecule has 0 aromatic heterocycles. The van der Waals surface area contributed by atoms with E-state index in [-0.39, 0.29) is 18.3 Å². The molecule has 1 aliphatic heterocycles. The standard InChI is InChI=1S/C28H27FN2O4/c1-18(32)31-25(21-11-7-4-8-12-21)24(28(34)35-2)23(20-9-5-3-6-10-20)26(31)27(33)30-17-19-13-15-22(29)16-14-19/h3-16,23-26H,17H2,1-2H3,(H,30,33). The maximum atomic E-state index is 13.7. The number of nitrogens with one attached hydrogen (secondary N) is 1. The van der Waals surface area contributed by atoms with Crippen LogP contribution in [0.4, 0.5) is 4.39 Å². The Kier molecular flexibility index (Phi) is 7.25. The molecule has 0 spiro atoms. The van der Waals surface area contributed by atoms with Crippen LogP contribution in [0, 0.1) is 11.7 Å². The number of ether oxygens (including phenoxy) is 1. The third-order valence-corrected chi connectivity index (χ3v) is 6.48. The normalized spacial score (nSPS) is 21.4. The fraction of sp³-hybridized carbons (Fsp3) is 0.250. The average molecular weight is 475 g/mol. The van der Waals surface area contributed by atoms with Crippen molar-refractivity contribution in [3.8, 4) is 0 Å². The molecule has 0 saturated carbocycles. The number of benzene rings is 3. The summed E-state index contributed by atoms with van der Waals surface area (Å²) in [4.78, 5) is 41.4. The molecule has 4 unspecified atom stereocenters. The van der Waals surface area contributed by atoms with Gasteiger partial charge in [-0.25, -0.2) is 4.39 Å². The van der Waals surface area contributed by atoms with E-state index in [1.165, 1.54) is 31.1 Å². The molecular formula is C28H27FN2O4. The molecule has 4 rings (SSSR count). The van der Waals surface area contributed by atoms with Gasteiger partial charge < -0.3 is 15.0 Å². The summed E-state index contributed by atoms with van der Waals surface area (Å²) >= 11 is 0. The first-order valence-electron chi connectivity index (χ1n) is 11.4. The van der Waals surface area contributed by atoms with Crippen molar-refractivity contribution in [2.75, 3.05) is 7.11 Å². The van der Waals surface area contributed by atoms with E-state index < -0.39 is 35.8 Å². The zero-order chi connectivity index (χ0) is 24.9. The Morgan fingerprint density at radius 3 is 2.00 bits per heavy atom. The molecule has 2 amide bonds. The predicted molar refractivity (Wildman–Crippen MR) is 128 cm³/mol. The minimum atomic E-state index is -0.954. The highest BCUT2D eigenvalue weighted by molar-refractivity contribution is 5.92. The van der Waals surface area contributed by atoms with Gasteiger partial charge >= 0.3 is 5.97 Å². The highest BCUT2D eigenvalue weighted by Crippen LogP contribution is 2.50. The lowest BCUT2D eigenvalue weighted by Gasteiger charge is -2.30. The van der Waals surface area contributed by atoms with E-state index in [9.17, 15) is 18.8 Å². The first-order chi connectivity index (χ1) is 16.9. The molecule has 7 heteroatoms. The number of hydrogen-bond acceptors (Lipinski definition) is 4. The Labute approximate surface area is 203 Å². The predicted octanol–water partition coefficient (Wildman–Crippen LogP) is 3.99. The van der Waals surface area contributed by atoms with Gasteiger partial charge in [0.15, 0.2) is 0 Å². The van der Waals surface area contributed by atoms with Crippen LogP contribution in [0.1, 0.15) is 35.6 Å². The van der Waals surface area contributed by atoms with Gasteiger partial charge in [0.2, 0.25) is 11.8 Å². The number of likely N-dealkylation sites (tertiary alicyclic amines) is 1. The minimum Gasteiger partial charge on any atom is -0.469 e. The zero-order valence-corrected chi connectivity index (χ0v) is 19.6. The number of amides is 2. The van der Waals surface area contributed by atoms with Gasteiger partial charge in [0.05, 0.1) is 19.1 Å². The van der Waals surface area contributed by atoms with Crippen LogP contribution in [0.5, 0.6) is 0 Å². The summed E-state index contributed by atoms with van der Waals surface area (Å²) in [5, 5.41) is 2.89. The van der Waals surface area contributed by atoms with E-state index in [2.05, 4.69) is 5.32 Å². The summed E-state index contributed by atoms with van der Waals surface area (Å²) < 4.78 is 18.5. The topological polar surface area (TPSA) is 75.7 Å². The number of carbonyl (C=O) groups excluding carboxylic acids is 3. The fourth-order valence-electron chi connectivity index (χ4n) is 4.98. The molecule has 1 heterocycles. The highest BCUT2D eigenvalue weighted by Gasteiger charge is 2.57. The Morgan fingerprint density at radius 1 is 0.886 bits per heavy atom. The molecule has 1 aliphatic rings. The summed E-state index contributed by atoms with van der Waals surface area (Å²) in [5.41, 5.74) is 2.22. The second-order valence-corrected chi connectivity index (χ2v) is 8.56. The number of hydrogen-bond donors (Lipinski definition) is 1. The van der Waals surface area contributed by atoms with Gasteiger partial charge in [-0.15, -0.1) is 0 Å². The summed E-state index contributed by atoms with van der Waals surface area (Å²) in [6.45, 7) is 1.56. The van der Waals surface area contributed by atoms with E-state index in [1.54, 1.807) is 12.1 Å². The maximum absolute atomic E-state index is 13.7. The van der Waals surface area contributed by atoms with Crippen molar-refractivity contribution >= 4 is 17.8 Å². The molecule has 3 aromatic rings. The van der Waals surface area contributed by atoms with Crippen molar-refractivity contribution in [2.24, 2.45) is 5.92 Å². The molecule has 1 fully saturated rings. The lowest BCUT2D eigenvalue weighted by molar-refractivity contribution is -0.147. The van der Waals surface area contributed by atoms with Gasteiger partial charge in [0, 0.05) is 19.4 Å². The maximum Gasteiger partial charge on any atom is 0.311 e. The number of nitrogens with zero attached hydrogens (tertiary/aromatic N) is 1. The largest absolute Gasteiger partial charge is 0.469 e. The molecule has 1 N–H and O–H groups in total. The quantitative estimate of drug-likeness (QED) is 0.549. The number of methoxy groups -OCH3 is 1. The molecule has 4 atom stereocenters. The zero-order valence-electron chi connectivity index (χ0n) is 19.6. The molecule has 6 nitrogen and oxygen atoms in total. The SMILES string of the molecule is COC(=O)C1C(c2ccccc2)C(C(=O)NCc2ccc(F)cc2)N(C(C)=O)C1c1ccccc1. The van der Waals surface area contributed by atoms with Crippen molar-refractivity contribution in [1.82, 2.24) is 10.2 Å². The Hall–Kier alpha value is -4.00. The second-order valence-electron chi connectivity index (χ2n) is 8.56. The summed E-state index contributed by atoms with van der Waals surface area (Å²) in [6.07, 6.45) is 0. The van der Waals surface area contributed by atoms with Crippen LogP contribution in [-0.4, -0.2) is 35.8 Å².